The Balaban J connectivity index is 1.82. The van der Waals surface area contributed by atoms with Gasteiger partial charge in [-0.05, 0) is 18.2 Å². The average Bonchev–Trinajstić information content (AvgIpc) is 2.96. The van der Waals surface area contributed by atoms with Crippen LogP contribution in [-0.2, 0) is 0 Å². The van der Waals surface area contributed by atoms with Crippen LogP contribution in [-0.4, -0.2) is 21.1 Å². The van der Waals surface area contributed by atoms with Gasteiger partial charge in [0, 0.05) is 17.7 Å². The molecule has 7 nitrogen and oxygen atoms in total. The molecule has 2 N–H and O–H groups in total. The van der Waals surface area contributed by atoms with Crippen molar-refractivity contribution in [2.45, 2.75) is 0 Å². The highest BCUT2D eigenvalue weighted by molar-refractivity contribution is 6.33. The van der Waals surface area contributed by atoms with Crippen molar-refractivity contribution in [3.8, 4) is 11.4 Å². The second-order valence-corrected chi connectivity index (χ2v) is 4.76. The predicted molar refractivity (Wildman–Crippen MR) is 80.2 cm³/mol. The molecule has 2 aromatic heterocycles. The molecule has 3 rings (SSSR count). The molecule has 0 radical (unpaired) electrons. The number of nitrogens with one attached hydrogen (secondary N) is 2. The van der Waals surface area contributed by atoms with E-state index in [2.05, 4.69) is 20.5 Å². The lowest BCUT2D eigenvalue weighted by Gasteiger charge is -2.02. The number of hydrogen-bond acceptors (Lipinski definition) is 4. The molecule has 0 fully saturated rings. The van der Waals surface area contributed by atoms with Gasteiger partial charge in [0.25, 0.3) is 5.69 Å². The monoisotopic (exact) mass is 315 g/mol. The van der Waals surface area contributed by atoms with Gasteiger partial charge in [-0.25, -0.2) is 0 Å². The van der Waals surface area contributed by atoms with Crippen LogP contribution >= 0.6 is 11.6 Å². The van der Waals surface area contributed by atoms with Crippen molar-refractivity contribution in [2.24, 2.45) is 0 Å². The van der Waals surface area contributed by atoms with Crippen molar-refractivity contribution in [3.05, 3.63) is 64.6 Å². The molecule has 0 saturated carbocycles. The molecule has 0 aliphatic rings. The summed E-state index contributed by atoms with van der Waals surface area (Å²) >= 11 is 6.07. The van der Waals surface area contributed by atoms with E-state index in [9.17, 15) is 10.0 Å². The van der Waals surface area contributed by atoms with Crippen LogP contribution in [0, 0.1) is 5.21 Å². The number of aromatic amines is 1. The molecule has 1 amide bonds. The van der Waals surface area contributed by atoms with E-state index in [1.54, 1.807) is 24.3 Å². The molecule has 0 bridgehead atoms. The number of nitrogens with zero attached hydrogens (tertiary/aromatic N) is 3. The fourth-order valence-corrected chi connectivity index (χ4v) is 2.09. The summed E-state index contributed by atoms with van der Waals surface area (Å²) in [7, 11) is 0. The third-order valence-corrected chi connectivity index (χ3v) is 3.23. The number of aromatic nitrogens is 4. The van der Waals surface area contributed by atoms with Gasteiger partial charge in [0.2, 0.25) is 5.95 Å². The van der Waals surface area contributed by atoms with E-state index in [-0.39, 0.29) is 11.6 Å². The highest BCUT2D eigenvalue weighted by atomic mass is 35.5. The Morgan fingerprint density at radius 2 is 2.00 bits per heavy atom. The first kappa shape index (κ1) is 14.0. The quantitative estimate of drug-likeness (QED) is 0.570. The van der Waals surface area contributed by atoms with Crippen LogP contribution in [0.1, 0.15) is 10.5 Å². The van der Waals surface area contributed by atoms with E-state index < -0.39 is 5.91 Å². The second-order valence-electron chi connectivity index (χ2n) is 4.35. The summed E-state index contributed by atoms with van der Waals surface area (Å²) in [5.74, 6) is -0.118. The number of carbonyl (C=O) groups excluding carboxylic acids is 1. The molecule has 0 unspecified atom stereocenters. The van der Waals surface area contributed by atoms with E-state index in [1.165, 1.54) is 18.3 Å². The van der Waals surface area contributed by atoms with Gasteiger partial charge in [-0.2, -0.15) is 9.71 Å². The maximum absolute atomic E-state index is 12.0. The van der Waals surface area contributed by atoms with Gasteiger partial charge >= 0.3 is 5.91 Å². The minimum absolute atomic E-state index is 0.0495. The van der Waals surface area contributed by atoms with Crippen molar-refractivity contribution in [2.75, 3.05) is 5.32 Å². The topological polar surface area (TPSA) is 97.6 Å². The average molecular weight is 316 g/mol. The van der Waals surface area contributed by atoms with Crippen molar-refractivity contribution in [3.63, 3.8) is 0 Å². The number of carbonyl (C=O) groups is 1. The summed E-state index contributed by atoms with van der Waals surface area (Å²) in [6.45, 7) is 0. The Hall–Kier alpha value is -2.93. The molecular formula is C14H10ClN5O2. The van der Waals surface area contributed by atoms with E-state index >= 15 is 0 Å². The molecule has 3 aromatic rings. The molecule has 8 heteroatoms. The first-order valence-corrected chi connectivity index (χ1v) is 6.70. The largest absolute Gasteiger partial charge is 0.618 e. The van der Waals surface area contributed by atoms with Gasteiger partial charge in [0.15, 0.2) is 12.0 Å². The number of H-pyrrole nitrogens is 1. The minimum atomic E-state index is -0.597. The lowest BCUT2D eigenvalue weighted by Crippen LogP contribution is -2.36. The van der Waals surface area contributed by atoms with Gasteiger partial charge in [0.05, 0.1) is 5.02 Å². The van der Waals surface area contributed by atoms with Crippen molar-refractivity contribution in [1.82, 2.24) is 15.2 Å². The predicted octanol–water partition coefficient (Wildman–Crippen LogP) is 2.01. The lowest BCUT2D eigenvalue weighted by atomic mass is 10.2. The van der Waals surface area contributed by atoms with E-state index in [0.717, 1.165) is 0 Å². The van der Waals surface area contributed by atoms with Gasteiger partial charge < -0.3 is 5.21 Å². The van der Waals surface area contributed by atoms with Gasteiger partial charge in [-0.15, -0.1) is 5.10 Å². The number of amides is 1. The summed E-state index contributed by atoms with van der Waals surface area (Å²) in [6, 6.07) is 11.6. The smallest absolute Gasteiger partial charge is 0.324 e. The van der Waals surface area contributed by atoms with Crippen molar-refractivity contribution in [1.29, 1.82) is 0 Å². The number of benzene rings is 1. The number of anilines is 1. The van der Waals surface area contributed by atoms with Gasteiger partial charge in [0.1, 0.15) is 0 Å². The second kappa shape index (κ2) is 5.82. The number of halogens is 1. The number of pyridine rings is 1. The Kier molecular flexibility index (Phi) is 3.71. The summed E-state index contributed by atoms with van der Waals surface area (Å²) in [6.07, 6.45) is 1.24. The zero-order chi connectivity index (χ0) is 15.5. The molecule has 2 heterocycles. The summed E-state index contributed by atoms with van der Waals surface area (Å²) < 4.78 is 0.469. The molecule has 110 valence electrons. The Morgan fingerprint density at radius 1 is 1.23 bits per heavy atom. The van der Waals surface area contributed by atoms with Crippen LogP contribution in [0.4, 0.5) is 5.95 Å². The Labute approximate surface area is 130 Å². The first-order valence-electron chi connectivity index (χ1n) is 6.32. The third kappa shape index (κ3) is 2.75. The molecular weight excluding hydrogens is 306 g/mol. The number of rotatable bonds is 3. The molecule has 1 aromatic carbocycles. The van der Waals surface area contributed by atoms with Gasteiger partial charge in [-0.3, -0.25) is 15.2 Å². The van der Waals surface area contributed by atoms with Gasteiger partial charge in [-0.1, -0.05) is 23.7 Å². The van der Waals surface area contributed by atoms with E-state index in [4.69, 9.17) is 11.6 Å². The van der Waals surface area contributed by atoms with Crippen LogP contribution in [0.5, 0.6) is 0 Å². The van der Waals surface area contributed by atoms with E-state index in [0.29, 0.717) is 21.1 Å². The first-order chi connectivity index (χ1) is 10.6. The van der Waals surface area contributed by atoms with E-state index in [1.807, 2.05) is 6.07 Å². The Bertz CT molecular complexity index is 833. The summed E-state index contributed by atoms with van der Waals surface area (Å²) in [5.41, 5.74) is 0.613. The van der Waals surface area contributed by atoms with Crippen LogP contribution in [0.15, 0.2) is 48.7 Å². The lowest BCUT2D eigenvalue weighted by molar-refractivity contribution is -0.607. The standard InChI is InChI=1S/C14H10ClN5O2/c15-10-6-2-1-5-9(10)12-16-14(19-18-12)17-13(21)11-7-3-4-8-20(11)22/h1-8H,(H2,16,17,18,19,21). The van der Waals surface area contributed by atoms with Crippen LogP contribution < -0.4 is 10.0 Å². The molecule has 0 aliphatic carbocycles. The fraction of sp³-hybridized carbons (Fsp3) is 0. The highest BCUT2D eigenvalue weighted by Crippen LogP contribution is 2.24. The summed E-state index contributed by atoms with van der Waals surface area (Å²) in [4.78, 5) is 16.1. The molecule has 0 saturated heterocycles. The zero-order valence-corrected chi connectivity index (χ0v) is 11.9. The van der Waals surface area contributed by atoms with Crippen molar-refractivity contribution < 1.29 is 9.52 Å². The maximum atomic E-state index is 12.0. The number of hydrogen-bond donors (Lipinski definition) is 2. The van der Waals surface area contributed by atoms with Crippen molar-refractivity contribution >= 4 is 23.5 Å². The Morgan fingerprint density at radius 3 is 2.77 bits per heavy atom. The molecule has 22 heavy (non-hydrogen) atoms. The minimum Gasteiger partial charge on any atom is -0.618 e. The molecule has 0 aliphatic heterocycles. The third-order valence-electron chi connectivity index (χ3n) is 2.90. The van der Waals surface area contributed by atoms with Crippen LogP contribution in [0.25, 0.3) is 11.4 Å². The SMILES string of the molecule is O=C(Nc1n[nH]c(-c2ccccc2Cl)n1)c1cccc[n+]1[O-]. The van der Waals surface area contributed by atoms with Crippen LogP contribution in [0.3, 0.4) is 0 Å². The van der Waals surface area contributed by atoms with Crippen LogP contribution in [0.2, 0.25) is 5.02 Å². The maximum Gasteiger partial charge on any atom is 0.324 e. The fourth-order valence-electron chi connectivity index (χ4n) is 1.86. The summed E-state index contributed by atoms with van der Waals surface area (Å²) in [5, 5.41) is 21.1. The normalized spacial score (nSPS) is 10.4. The zero-order valence-electron chi connectivity index (χ0n) is 11.2. The highest BCUT2D eigenvalue weighted by Gasteiger charge is 2.17. The molecule has 0 spiro atoms. The molecule has 0 atom stereocenters.